The van der Waals surface area contributed by atoms with E-state index in [0.29, 0.717) is 36.0 Å². The number of unbranched alkanes of at least 4 members (excludes halogenated alkanes) is 1. The molecule has 44 heavy (non-hydrogen) atoms. The normalized spacial score (nSPS) is 11.0. The maximum atomic E-state index is 14.0. The molecular weight excluding hydrogens is 552 g/mol. The second kappa shape index (κ2) is 13.2. The zero-order valence-electron chi connectivity index (χ0n) is 24.6. The fraction of sp³-hybridized carbons (Fsp3) is 0.206. The van der Waals surface area contributed by atoms with E-state index in [1.165, 1.54) is 4.57 Å². The highest BCUT2D eigenvalue weighted by molar-refractivity contribution is 5.80. The van der Waals surface area contributed by atoms with Gasteiger partial charge in [0.05, 0.1) is 18.1 Å². The summed E-state index contributed by atoms with van der Waals surface area (Å²) in [5, 5.41) is 14.5. The molecule has 3 heterocycles. The summed E-state index contributed by atoms with van der Waals surface area (Å²) in [7, 11) is 0. The molecule has 10 heteroatoms. The van der Waals surface area contributed by atoms with E-state index >= 15 is 0 Å². The van der Waals surface area contributed by atoms with E-state index < -0.39 is 0 Å². The molecule has 6 rings (SSSR count). The summed E-state index contributed by atoms with van der Waals surface area (Å²) < 4.78 is 7.33. The van der Waals surface area contributed by atoms with Gasteiger partial charge in [-0.3, -0.25) is 4.79 Å². The Bertz CT molecular complexity index is 1890. The molecule has 0 aliphatic heterocycles. The summed E-state index contributed by atoms with van der Waals surface area (Å²) in [6, 6.07) is 26.0. The van der Waals surface area contributed by atoms with Gasteiger partial charge in [-0.05, 0) is 47.2 Å². The molecule has 220 valence electrons. The molecule has 6 aromatic rings. The SMILES string of the molecule is CCCCc1nc(C)n(-c2ncc(OCc3ccccc3)cn2)c(=O)c1Cc1ccc(-c2ccccc2-c2nn[nH]n2)cc1. The number of hydrogen-bond donors (Lipinski definition) is 1. The van der Waals surface area contributed by atoms with Gasteiger partial charge < -0.3 is 4.74 Å². The minimum absolute atomic E-state index is 0.159. The van der Waals surface area contributed by atoms with E-state index in [1.54, 1.807) is 12.4 Å². The lowest BCUT2D eigenvalue weighted by molar-refractivity contribution is 0.303. The molecule has 3 aromatic carbocycles. The summed E-state index contributed by atoms with van der Waals surface area (Å²) in [5.74, 6) is 1.88. The number of nitrogens with zero attached hydrogens (tertiary/aromatic N) is 7. The lowest BCUT2D eigenvalue weighted by Crippen LogP contribution is -2.29. The van der Waals surface area contributed by atoms with E-state index in [0.717, 1.165) is 52.8 Å². The second-order valence-corrected chi connectivity index (χ2v) is 10.5. The van der Waals surface area contributed by atoms with Crippen molar-refractivity contribution in [2.75, 3.05) is 0 Å². The number of ether oxygens (including phenoxy) is 1. The zero-order valence-corrected chi connectivity index (χ0v) is 24.6. The molecule has 1 N–H and O–H groups in total. The average molecular weight is 585 g/mol. The first-order valence-electron chi connectivity index (χ1n) is 14.6. The first kappa shape index (κ1) is 28.6. The molecule has 0 aliphatic rings. The minimum atomic E-state index is -0.159. The number of aromatic amines is 1. The van der Waals surface area contributed by atoms with Crippen LogP contribution in [0.15, 0.2) is 96.1 Å². The number of H-pyrrole nitrogens is 1. The van der Waals surface area contributed by atoms with Gasteiger partial charge >= 0.3 is 0 Å². The Balaban J connectivity index is 1.28. The van der Waals surface area contributed by atoms with Crippen molar-refractivity contribution in [3.8, 4) is 34.2 Å². The van der Waals surface area contributed by atoms with Crippen LogP contribution in [0.3, 0.4) is 0 Å². The summed E-state index contributed by atoms with van der Waals surface area (Å²) in [6.07, 6.45) is 6.30. The fourth-order valence-electron chi connectivity index (χ4n) is 5.13. The van der Waals surface area contributed by atoms with E-state index in [-0.39, 0.29) is 11.5 Å². The topological polar surface area (TPSA) is 124 Å². The lowest BCUT2D eigenvalue weighted by Gasteiger charge is -2.15. The van der Waals surface area contributed by atoms with Crippen LogP contribution < -0.4 is 10.3 Å². The first-order valence-corrected chi connectivity index (χ1v) is 14.6. The lowest BCUT2D eigenvalue weighted by atomic mass is 9.96. The molecule has 0 fully saturated rings. The average Bonchev–Trinajstić information content (AvgIpc) is 3.61. The monoisotopic (exact) mass is 584 g/mol. The van der Waals surface area contributed by atoms with E-state index in [4.69, 9.17) is 9.72 Å². The fourth-order valence-corrected chi connectivity index (χ4v) is 5.13. The highest BCUT2D eigenvalue weighted by Crippen LogP contribution is 2.30. The Morgan fingerprint density at radius 1 is 0.864 bits per heavy atom. The second-order valence-electron chi connectivity index (χ2n) is 10.5. The van der Waals surface area contributed by atoms with Crippen molar-refractivity contribution in [1.82, 2.24) is 40.1 Å². The van der Waals surface area contributed by atoms with Gasteiger partial charge in [-0.15, -0.1) is 10.2 Å². The number of rotatable bonds is 11. The van der Waals surface area contributed by atoms with Gasteiger partial charge in [-0.1, -0.05) is 92.2 Å². The third-order valence-corrected chi connectivity index (χ3v) is 7.42. The van der Waals surface area contributed by atoms with Gasteiger partial charge in [0, 0.05) is 17.5 Å². The number of hydrogen-bond acceptors (Lipinski definition) is 8. The molecule has 0 radical (unpaired) electrons. The number of tetrazole rings is 1. The van der Waals surface area contributed by atoms with E-state index in [1.807, 2.05) is 73.7 Å². The Morgan fingerprint density at radius 3 is 2.30 bits per heavy atom. The van der Waals surface area contributed by atoms with E-state index in [9.17, 15) is 4.79 Å². The smallest absolute Gasteiger partial charge is 0.264 e. The quantitative estimate of drug-likeness (QED) is 0.206. The van der Waals surface area contributed by atoms with Crippen molar-refractivity contribution in [2.24, 2.45) is 0 Å². The predicted molar refractivity (Wildman–Crippen MR) is 167 cm³/mol. The summed E-state index contributed by atoms with van der Waals surface area (Å²) in [5.41, 5.74) is 6.26. The molecular formula is C34H32N8O2. The highest BCUT2D eigenvalue weighted by atomic mass is 16.5. The summed E-state index contributed by atoms with van der Waals surface area (Å²) >= 11 is 0. The Labute approximate surface area is 254 Å². The molecule has 0 saturated carbocycles. The van der Waals surface area contributed by atoms with Gasteiger partial charge in [0.1, 0.15) is 12.4 Å². The van der Waals surface area contributed by atoms with Gasteiger partial charge in [0.15, 0.2) is 5.75 Å². The highest BCUT2D eigenvalue weighted by Gasteiger charge is 2.18. The molecule has 3 aromatic heterocycles. The van der Waals surface area contributed by atoms with Gasteiger partial charge in [-0.25, -0.2) is 19.5 Å². The van der Waals surface area contributed by atoms with Crippen LogP contribution in [0, 0.1) is 6.92 Å². The Hall–Kier alpha value is -5.51. The first-order chi connectivity index (χ1) is 21.6. The van der Waals surface area contributed by atoms with Crippen LogP contribution >= 0.6 is 0 Å². The molecule has 10 nitrogen and oxygen atoms in total. The number of aromatic nitrogens is 8. The zero-order chi connectivity index (χ0) is 30.3. The molecule has 0 aliphatic carbocycles. The number of aryl methyl sites for hydroxylation is 2. The number of nitrogens with one attached hydrogen (secondary N) is 1. The van der Waals surface area contributed by atoms with E-state index in [2.05, 4.69) is 49.6 Å². The number of benzene rings is 3. The van der Waals surface area contributed by atoms with Crippen LogP contribution in [0.2, 0.25) is 0 Å². The third-order valence-electron chi connectivity index (χ3n) is 7.42. The standard InChI is InChI=1S/C34H32N8O2/c1-3-4-14-31-30(19-24-15-17-26(18-16-24)28-12-8-9-13-29(28)32-38-40-41-39-32)33(43)42(23(2)37-31)34-35-20-27(21-36-34)44-22-25-10-6-5-7-11-25/h5-13,15-18,20-21H,3-4,14,19,22H2,1-2H3,(H,38,39,40,41). The molecule has 0 bridgehead atoms. The third kappa shape index (κ3) is 6.29. The molecule has 0 spiro atoms. The molecule has 0 unspecified atom stereocenters. The summed E-state index contributed by atoms with van der Waals surface area (Å²) in [4.78, 5) is 27.8. The van der Waals surface area contributed by atoms with Crippen LogP contribution in [-0.4, -0.2) is 40.1 Å². The van der Waals surface area contributed by atoms with Crippen LogP contribution in [0.25, 0.3) is 28.5 Å². The van der Waals surface area contributed by atoms with Gasteiger partial charge in [0.2, 0.25) is 11.8 Å². The van der Waals surface area contributed by atoms with Gasteiger partial charge in [-0.2, -0.15) is 5.21 Å². The Kier molecular flexibility index (Phi) is 8.58. The van der Waals surface area contributed by atoms with Crippen molar-refractivity contribution in [3.05, 3.63) is 130 Å². The molecule has 0 saturated heterocycles. The molecule has 0 atom stereocenters. The van der Waals surface area contributed by atoms with Crippen molar-refractivity contribution >= 4 is 0 Å². The largest absolute Gasteiger partial charge is 0.486 e. The molecule has 0 amide bonds. The maximum Gasteiger partial charge on any atom is 0.264 e. The van der Waals surface area contributed by atoms with Crippen molar-refractivity contribution < 1.29 is 4.74 Å². The maximum absolute atomic E-state index is 14.0. The van der Waals surface area contributed by atoms with Crippen LogP contribution in [-0.2, 0) is 19.4 Å². The van der Waals surface area contributed by atoms with Gasteiger partial charge in [0.25, 0.3) is 5.56 Å². The summed E-state index contributed by atoms with van der Waals surface area (Å²) in [6.45, 7) is 4.36. The van der Waals surface area contributed by atoms with Crippen LogP contribution in [0.4, 0.5) is 0 Å². The Morgan fingerprint density at radius 2 is 1.59 bits per heavy atom. The van der Waals surface area contributed by atoms with Crippen molar-refractivity contribution in [1.29, 1.82) is 0 Å². The predicted octanol–water partition coefficient (Wildman–Crippen LogP) is 5.69. The van der Waals surface area contributed by atoms with Crippen LogP contribution in [0.1, 0.15) is 48.0 Å². The minimum Gasteiger partial charge on any atom is -0.486 e. The van der Waals surface area contributed by atoms with Crippen LogP contribution in [0.5, 0.6) is 5.75 Å². The van der Waals surface area contributed by atoms with Crippen molar-refractivity contribution in [2.45, 2.75) is 46.1 Å². The van der Waals surface area contributed by atoms with Crippen molar-refractivity contribution in [3.63, 3.8) is 0 Å².